The minimum absolute atomic E-state index is 0.405. The monoisotopic (exact) mass is 312 g/mol. The fourth-order valence-corrected chi connectivity index (χ4v) is 2.68. The Bertz CT molecular complexity index is 637. The Labute approximate surface area is 136 Å². The summed E-state index contributed by atoms with van der Waals surface area (Å²) in [6.07, 6.45) is 0.405. The maximum atomic E-state index is 12.3. The van der Waals surface area contributed by atoms with Crippen molar-refractivity contribution in [3.8, 4) is 0 Å². The molecule has 0 N–H and O–H groups in total. The predicted molar refractivity (Wildman–Crippen MR) is 86.9 cm³/mol. The van der Waals surface area contributed by atoms with Crippen molar-refractivity contribution in [1.29, 1.82) is 0 Å². The Morgan fingerprint density at radius 1 is 0.826 bits per heavy atom. The van der Waals surface area contributed by atoms with Crippen LogP contribution in [0, 0.1) is 5.92 Å². The molecule has 0 bridgehead atoms. The number of esters is 2. The topological polar surface area (TPSA) is 52.6 Å². The summed E-state index contributed by atoms with van der Waals surface area (Å²) in [6, 6.07) is 18.7. The van der Waals surface area contributed by atoms with Crippen LogP contribution >= 0.6 is 0 Å². The van der Waals surface area contributed by atoms with Crippen LogP contribution < -0.4 is 0 Å². The standard InChI is InChI=1S/C19H20O4/c1-22-18(20)16(13-14-9-5-3-6-10-14)17(19(21)23-2)15-11-7-4-8-12-15/h3-12,16-17H,13H2,1-2H3. The molecule has 2 aromatic carbocycles. The zero-order valence-electron chi connectivity index (χ0n) is 13.3. The fourth-order valence-electron chi connectivity index (χ4n) is 2.68. The lowest BCUT2D eigenvalue weighted by Gasteiger charge is -2.23. The lowest BCUT2D eigenvalue weighted by molar-refractivity contribution is -0.154. The molecule has 0 heterocycles. The first-order chi connectivity index (χ1) is 11.2. The van der Waals surface area contributed by atoms with E-state index in [1.807, 2.05) is 60.7 Å². The maximum absolute atomic E-state index is 12.3. The molecule has 0 saturated carbocycles. The number of methoxy groups -OCH3 is 2. The van der Waals surface area contributed by atoms with Gasteiger partial charge < -0.3 is 9.47 Å². The molecule has 0 saturated heterocycles. The second-order valence-electron chi connectivity index (χ2n) is 5.23. The molecule has 23 heavy (non-hydrogen) atoms. The van der Waals surface area contributed by atoms with Gasteiger partial charge in [0.15, 0.2) is 0 Å². The molecule has 2 aromatic rings. The van der Waals surface area contributed by atoms with Gasteiger partial charge in [-0.1, -0.05) is 60.7 Å². The average Bonchev–Trinajstić information content (AvgIpc) is 2.62. The molecular weight excluding hydrogens is 292 g/mol. The van der Waals surface area contributed by atoms with Crippen LogP contribution in [0.1, 0.15) is 17.0 Å². The van der Waals surface area contributed by atoms with Gasteiger partial charge in [-0.2, -0.15) is 0 Å². The van der Waals surface area contributed by atoms with Crippen LogP contribution in [0.25, 0.3) is 0 Å². The van der Waals surface area contributed by atoms with Gasteiger partial charge in [0.2, 0.25) is 0 Å². The summed E-state index contributed by atoms with van der Waals surface area (Å²) < 4.78 is 9.87. The van der Waals surface area contributed by atoms with Crippen molar-refractivity contribution < 1.29 is 19.1 Å². The van der Waals surface area contributed by atoms with Gasteiger partial charge in [-0.3, -0.25) is 9.59 Å². The van der Waals surface area contributed by atoms with Crippen LogP contribution in [-0.2, 0) is 25.5 Å². The Hall–Kier alpha value is -2.62. The molecule has 2 unspecified atom stereocenters. The number of rotatable bonds is 6. The minimum atomic E-state index is -0.700. The van der Waals surface area contributed by atoms with E-state index < -0.39 is 23.8 Å². The largest absolute Gasteiger partial charge is 0.469 e. The van der Waals surface area contributed by atoms with Gasteiger partial charge >= 0.3 is 11.9 Å². The van der Waals surface area contributed by atoms with Crippen LogP contribution in [0.2, 0.25) is 0 Å². The molecule has 0 amide bonds. The van der Waals surface area contributed by atoms with Gasteiger partial charge in [-0.15, -0.1) is 0 Å². The van der Waals surface area contributed by atoms with E-state index in [1.165, 1.54) is 14.2 Å². The molecule has 0 aliphatic rings. The quantitative estimate of drug-likeness (QED) is 0.770. The van der Waals surface area contributed by atoms with Gasteiger partial charge in [0.1, 0.15) is 0 Å². The molecule has 0 aliphatic heterocycles. The highest BCUT2D eigenvalue weighted by atomic mass is 16.5. The molecule has 0 aromatic heterocycles. The molecule has 0 aliphatic carbocycles. The van der Waals surface area contributed by atoms with E-state index in [0.717, 1.165) is 11.1 Å². The molecule has 0 spiro atoms. The van der Waals surface area contributed by atoms with E-state index in [1.54, 1.807) is 0 Å². The number of ether oxygens (including phenoxy) is 2. The molecule has 120 valence electrons. The maximum Gasteiger partial charge on any atom is 0.314 e. The number of carbonyl (C=O) groups is 2. The van der Waals surface area contributed by atoms with Gasteiger partial charge in [0.25, 0.3) is 0 Å². The Kier molecular flexibility index (Phi) is 5.92. The van der Waals surface area contributed by atoms with E-state index in [0.29, 0.717) is 6.42 Å². The normalized spacial score (nSPS) is 13.0. The molecular formula is C19H20O4. The van der Waals surface area contributed by atoms with Crippen molar-refractivity contribution in [2.24, 2.45) is 5.92 Å². The first kappa shape index (κ1) is 16.7. The molecule has 2 rings (SSSR count). The zero-order valence-corrected chi connectivity index (χ0v) is 13.3. The third-order valence-electron chi connectivity index (χ3n) is 3.82. The molecule has 4 nitrogen and oxygen atoms in total. The van der Waals surface area contributed by atoms with Crippen molar-refractivity contribution in [3.05, 3.63) is 71.8 Å². The van der Waals surface area contributed by atoms with Gasteiger partial charge in [-0.25, -0.2) is 0 Å². The lowest BCUT2D eigenvalue weighted by Crippen LogP contribution is -2.31. The van der Waals surface area contributed by atoms with Crippen LogP contribution in [0.15, 0.2) is 60.7 Å². The molecule has 4 heteroatoms. The van der Waals surface area contributed by atoms with Crippen LogP contribution in [0.3, 0.4) is 0 Å². The Morgan fingerprint density at radius 3 is 1.87 bits per heavy atom. The van der Waals surface area contributed by atoms with Crippen LogP contribution in [0.5, 0.6) is 0 Å². The molecule has 2 atom stereocenters. The minimum Gasteiger partial charge on any atom is -0.469 e. The van der Waals surface area contributed by atoms with Gasteiger partial charge in [0.05, 0.1) is 26.1 Å². The smallest absolute Gasteiger partial charge is 0.314 e. The van der Waals surface area contributed by atoms with Crippen LogP contribution in [-0.4, -0.2) is 26.2 Å². The first-order valence-electron chi connectivity index (χ1n) is 7.42. The van der Waals surface area contributed by atoms with E-state index in [-0.39, 0.29) is 0 Å². The fraction of sp³-hybridized carbons (Fsp3) is 0.263. The van der Waals surface area contributed by atoms with E-state index >= 15 is 0 Å². The highest BCUT2D eigenvalue weighted by Gasteiger charge is 2.36. The highest BCUT2D eigenvalue weighted by molar-refractivity contribution is 5.86. The number of benzene rings is 2. The average molecular weight is 312 g/mol. The van der Waals surface area contributed by atoms with Gasteiger partial charge in [0, 0.05) is 0 Å². The first-order valence-corrected chi connectivity index (χ1v) is 7.42. The molecule has 0 radical (unpaired) electrons. The summed E-state index contributed by atoms with van der Waals surface area (Å²) in [6.45, 7) is 0. The number of hydrogen-bond donors (Lipinski definition) is 0. The predicted octanol–water partition coefficient (Wildman–Crippen LogP) is 2.98. The summed E-state index contributed by atoms with van der Waals surface area (Å²) >= 11 is 0. The Morgan fingerprint density at radius 2 is 1.35 bits per heavy atom. The van der Waals surface area contributed by atoms with E-state index in [2.05, 4.69) is 0 Å². The van der Waals surface area contributed by atoms with E-state index in [4.69, 9.17) is 9.47 Å². The summed E-state index contributed by atoms with van der Waals surface area (Å²) in [4.78, 5) is 24.7. The van der Waals surface area contributed by atoms with Crippen molar-refractivity contribution in [2.75, 3.05) is 14.2 Å². The van der Waals surface area contributed by atoms with Crippen molar-refractivity contribution >= 4 is 11.9 Å². The molecule has 0 fully saturated rings. The van der Waals surface area contributed by atoms with Crippen molar-refractivity contribution in [3.63, 3.8) is 0 Å². The summed E-state index contributed by atoms with van der Waals surface area (Å²) in [5, 5.41) is 0. The third kappa shape index (κ3) is 4.19. The van der Waals surface area contributed by atoms with Crippen molar-refractivity contribution in [2.45, 2.75) is 12.3 Å². The summed E-state index contributed by atoms with van der Waals surface area (Å²) in [5.74, 6) is -2.21. The number of carbonyl (C=O) groups excluding carboxylic acids is 2. The zero-order chi connectivity index (χ0) is 16.7. The second-order valence-corrected chi connectivity index (χ2v) is 5.23. The van der Waals surface area contributed by atoms with Crippen LogP contribution in [0.4, 0.5) is 0 Å². The second kappa shape index (κ2) is 8.13. The van der Waals surface area contributed by atoms with Crippen molar-refractivity contribution in [1.82, 2.24) is 0 Å². The summed E-state index contributed by atoms with van der Waals surface area (Å²) in [7, 11) is 2.66. The summed E-state index contributed by atoms with van der Waals surface area (Å²) in [5.41, 5.74) is 1.71. The Balaban J connectivity index is 2.40. The van der Waals surface area contributed by atoms with E-state index in [9.17, 15) is 9.59 Å². The van der Waals surface area contributed by atoms with Gasteiger partial charge in [-0.05, 0) is 17.5 Å². The number of hydrogen-bond acceptors (Lipinski definition) is 4. The third-order valence-corrected chi connectivity index (χ3v) is 3.82. The highest BCUT2D eigenvalue weighted by Crippen LogP contribution is 2.30. The lowest BCUT2D eigenvalue weighted by atomic mass is 9.82. The SMILES string of the molecule is COC(=O)C(Cc1ccccc1)C(C(=O)OC)c1ccccc1.